The Kier molecular flexibility index (Phi) is 3.34. The van der Waals surface area contributed by atoms with E-state index in [0.717, 1.165) is 38.2 Å². The average Bonchev–Trinajstić information content (AvgIpc) is 3.06. The summed E-state index contributed by atoms with van der Waals surface area (Å²) in [6.07, 6.45) is 0. The zero-order chi connectivity index (χ0) is 17.7. The predicted molar refractivity (Wildman–Crippen MR) is 104 cm³/mol. The molecule has 0 amide bonds. The normalized spacial score (nSPS) is 20.0. The lowest BCUT2D eigenvalue weighted by Crippen LogP contribution is -2.31. The van der Waals surface area contributed by atoms with E-state index in [1.54, 1.807) is 0 Å². The molecular formula is C21H15BrN2O2. The largest absolute Gasteiger partial charge is 0.462 e. The van der Waals surface area contributed by atoms with E-state index in [1.807, 2.05) is 42.5 Å². The van der Waals surface area contributed by atoms with Gasteiger partial charge in [-0.15, -0.1) is 0 Å². The lowest BCUT2D eigenvalue weighted by molar-refractivity contribution is 0.264. The molecule has 1 spiro atoms. The fourth-order valence-electron chi connectivity index (χ4n) is 3.64. The Balaban J connectivity index is 1.76. The van der Waals surface area contributed by atoms with E-state index in [9.17, 15) is 0 Å². The van der Waals surface area contributed by atoms with Crippen LogP contribution in [0.1, 0.15) is 11.1 Å². The smallest absolute Gasteiger partial charge is 0.283 e. The van der Waals surface area contributed by atoms with Gasteiger partial charge in [0.05, 0.1) is 0 Å². The van der Waals surface area contributed by atoms with Crippen LogP contribution in [0.25, 0.3) is 11.1 Å². The Hall–Kier alpha value is -2.79. The van der Waals surface area contributed by atoms with Crippen molar-refractivity contribution in [2.45, 2.75) is 5.54 Å². The molecule has 0 saturated carbocycles. The molecule has 3 aromatic carbocycles. The highest BCUT2D eigenvalue weighted by Crippen LogP contribution is 2.52. The number of hydrogen-bond donors (Lipinski definition) is 1. The average molecular weight is 407 g/mol. The van der Waals surface area contributed by atoms with E-state index in [-0.39, 0.29) is 6.02 Å². The number of halogens is 1. The lowest BCUT2D eigenvalue weighted by Gasteiger charge is -2.33. The minimum atomic E-state index is -0.693. The first-order valence-electron chi connectivity index (χ1n) is 8.32. The molecule has 5 heteroatoms. The standard InChI is InChI=1S/C21H15BrN2O2/c22-15-7-9-19-17(11-15)21(12-25-20(23)24-21)16-10-14(6-8-18(16)26-19)13-4-2-1-3-5-13/h1-11H,12H2,(H2,23,24). The van der Waals surface area contributed by atoms with Crippen LogP contribution in [0.3, 0.4) is 0 Å². The van der Waals surface area contributed by atoms with Crippen LogP contribution in [0.5, 0.6) is 11.5 Å². The summed E-state index contributed by atoms with van der Waals surface area (Å²) in [5.41, 5.74) is 9.38. The summed E-state index contributed by atoms with van der Waals surface area (Å²) in [6.45, 7) is 0.358. The van der Waals surface area contributed by atoms with Gasteiger partial charge in [-0.1, -0.05) is 52.3 Å². The molecule has 5 rings (SSSR count). The molecule has 128 valence electrons. The van der Waals surface area contributed by atoms with Crippen molar-refractivity contribution >= 4 is 22.0 Å². The van der Waals surface area contributed by atoms with Crippen LogP contribution < -0.4 is 10.5 Å². The second-order valence-electron chi connectivity index (χ2n) is 6.42. The second-order valence-corrected chi connectivity index (χ2v) is 7.33. The first-order chi connectivity index (χ1) is 12.7. The molecule has 0 radical (unpaired) electrons. The third-order valence-corrected chi connectivity index (χ3v) is 5.36. The first-order valence-corrected chi connectivity index (χ1v) is 9.11. The van der Waals surface area contributed by atoms with Crippen molar-refractivity contribution in [1.82, 2.24) is 0 Å². The Bertz CT molecular complexity index is 1050. The van der Waals surface area contributed by atoms with Crippen LogP contribution >= 0.6 is 15.9 Å². The molecule has 4 nitrogen and oxygen atoms in total. The molecular weight excluding hydrogens is 392 g/mol. The van der Waals surface area contributed by atoms with Gasteiger partial charge >= 0.3 is 0 Å². The van der Waals surface area contributed by atoms with E-state index in [4.69, 9.17) is 20.2 Å². The minimum absolute atomic E-state index is 0.203. The molecule has 2 aliphatic rings. The molecule has 0 fully saturated rings. The number of aliphatic imine (C=N–C) groups is 1. The molecule has 2 N–H and O–H groups in total. The van der Waals surface area contributed by atoms with Gasteiger partial charge in [0.15, 0.2) is 5.54 Å². The monoisotopic (exact) mass is 406 g/mol. The number of nitrogens with zero attached hydrogens (tertiary/aromatic N) is 1. The number of nitrogens with two attached hydrogens (primary N) is 1. The van der Waals surface area contributed by atoms with Gasteiger partial charge in [0.25, 0.3) is 6.02 Å². The lowest BCUT2D eigenvalue weighted by atomic mass is 9.80. The molecule has 2 aliphatic heterocycles. The summed E-state index contributed by atoms with van der Waals surface area (Å²) < 4.78 is 12.7. The van der Waals surface area contributed by atoms with E-state index in [2.05, 4.69) is 40.2 Å². The zero-order valence-corrected chi connectivity index (χ0v) is 15.4. The van der Waals surface area contributed by atoms with Gasteiger partial charge in [-0.3, -0.25) is 0 Å². The molecule has 0 saturated heterocycles. The fourth-order valence-corrected chi connectivity index (χ4v) is 4.00. The third kappa shape index (κ3) is 2.24. The maximum absolute atomic E-state index is 6.16. The van der Waals surface area contributed by atoms with Gasteiger partial charge in [0, 0.05) is 15.6 Å². The zero-order valence-electron chi connectivity index (χ0n) is 13.8. The maximum Gasteiger partial charge on any atom is 0.283 e. The summed E-state index contributed by atoms with van der Waals surface area (Å²) in [7, 11) is 0. The third-order valence-electron chi connectivity index (χ3n) is 4.87. The van der Waals surface area contributed by atoms with Crippen molar-refractivity contribution in [3.05, 3.63) is 82.3 Å². The molecule has 1 unspecified atom stereocenters. The van der Waals surface area contributed by atoms with E-state index < -0.39 is 5.54 Å². The van der Waals surface area contributed by atoms with Crippen molar-refractivity contribution in [2.75, 3.05) is 6.61 Å². The summed E-state index contributed by atoms with van der Waals surface area (Å²) in [6, 6.07) is 22.6. The van der Waals surface area contributed by atoms with Gasteiger partial charge in [-0.25, -0.2) is 4.99 Å². The van der Waals surface area contributed by atoms with Crippen LogP contribution in [0, 0.1) is 0 Å². The first kappa shape index (κ1) is 15.5. The SMILES string of the molecule is NC1=NC2(CO1)c1cc(Br)ccc1Oc1ccc(-c3ccccc3)cc12. The fraction of sp³-hybridized carbons (Fsp3) is 0.0952. The van der Waals surface area contributed by atoms with E-state index in [1.165, 1.54) is 0 Å². The summed E-state index contributed by atoms with van der Waals surface area (Å²) in [4.78, 5) is 4.71. The van der Waals surface area contributed by atoms with E-state index >= 15 is 0 Å². The van der Waals surface area contributed by atoms with Gasteiger partial charge in [0.1, 0.15) is 18.1 Å². The molecule has 1 atom stereocenters. The van der Waals surface area contributed by atoms with Gasteiger partial charge in [-0.05, 0) is 41.5 Å². The number of hydrogen-bond acceptors (Lipinski definition) is 4. The van der Waals surface area contributed by atoms with Gasteiger partial charge in [-0.2, -0.15) is 0 Å². The molecule has 0 bridgehead atoms. The highest BCUT2D eigenvalue weighted by molar-refractivity contribution is 9.10. The van der Waals surface area contributed by atoms with Crippen molar-refractivity contribution in [2.24, 2.45) is 10.7 Å². The molecule has 3 aromatic rings. The number of ether oxygens (including phenoxy) is 2. The summed E-state index contributed by atoms with van der Waals surface area (Å²) >= 11 is 3.55. The number of rotatable bonds is 1. The highest BCUT2D eigenvalue weighted by atomic mass is 79.9. The summed E-state index contributed by atoms with van der Waals surface area (Å²) in [5, 5.41) is 0. The van der Waals surface area contributed by atoms with Gasteiger partial charge in [0.2, 0.25) is 0 Å². The number of benzene rings is 3. The van der Waals surface area contributed by atoms with Gasteiger partial charge < -0.3 is 15.2 Å². The molecule has 26 heavy (non-hydrogen) atoms. The molecule has 2 heterocycles. The number of fused-ring (bicyclic) bond motifs is 4. The Morgan fingerprint density at radius 2 is 1.62 bits per heavy atom. The van der Waals surface area contributed by atoms with E-state index in [0.29, 0.717) is 6.61 Å². The number of amidine groups is 1. The summed E-state index contributed by atoms with van der Waals surface area (Å²) in [5.74, 6) is 1.55. The van der Waals surface area contributed by atoms with Crippen molar-refractivity contribution in [3.63, 3.8) is 0 Å². The quantitative estimate of drug-likeness (QED) is 0.630. The van der Waals surface area contributed by atoms with Crippen molar-refractivity contribution < 1.29 is 9.47 Å². The van der Waals surface area contributed by atoms with Crippen LogP contribution in [0.15, 0.2) is 76.2 Å². The van der Waals surface area contributed by atoms with Crippen molar-refractivity contribution in [3.8, 4) is 22.6 Å². The molecule has 0 aromatic heterocycles. The Labute approximate surface area is 159 Å². The topological polar surface area (TPSA) is 56.8 Å². The molecule has 0 aliphatic carbocycles. The van der Waals surface area contributed by atoms with Crippen LogP contribution in [0.2, 0.25) is 0 Å². The Morgan fingerprint density at radius 1 is 0.885 bits per heavy atom. The Morgan fingerprint density at radius 3 is 2.35 bits per heavy atom. The van der Waals surface area contributed by atoms with Crippen LogP contribution in [0.4, 0.5) is 0 Å². The maximum atomic E-state index is 6.16. The highest BCUT2D eigenvalue weighted by Gasteiger charge is 2.47. The second kappa shape index (κ2) is 5.61. The van der Waals surface area contributed by atoms with Crippen LogP contribution in [-0.2, 0) is 10.3 Å². The predicted octanol–water partition coefficient (Wildman–Crippen LogP) is 4.81. The van der Waals surface area contributed by atoms with Crippen molar-refractivity contribution in [1.29, 1.82) is 0 Å². The van der Waals surface area contributed by atoms with Crippen LogP contribution in [-0.4, -0.2) is 12.6 Å². The minimum Gasteiger partial charge on any atom is -0.462 e.